The SMILES string of the molecule is CCCCCCCCCCCCCCCCCC(=O)OC(=O)CC(O)(CC(=O)O)C(=O)O.[MgH2]. The van der Waals surface area contributed by atoms with Crippen LogP contribution in [0.15, 0.2) is 0 Å². The van der Waals surface area contributed by atoms with Crippen LogP contribution in [0.1, 0.15) is 122 Å². The van der Waals surface area contributed by atoms with Crippen LogP contribution in [0.2, 0.25) is 0 Å². The van der Waals surface area contributed by atoms with Crippen LogP contribution in [0, 0.1) is 0 Å². The van der Waals surface area contributed by atoms with Crippen molar-refractivity contribution < 1.29 is 39.2 Å². The number of aliphatic hydroxyl groups is 1. The van der Waals surface area contributed by atoms with Crippen molar-refractivity contribution in [2.45, 2.75) is 128 Å². The molecule has 1 unspecified atom stereocenters. The number of carbonyl (C=O) groups is 4. The van der Waals surface area contributed by atoms with Gasteiger partial charge in [-0.3, -0.25) is 14.4 Å². The second-order valence-corrected chi connectivity index (χ2v) is 8.63. The second kappa shape index (κ2) is 21.3. The van der Waals surface area contributed by atoms with Gasteiger partial charge < -0.3 is 20.1 Å². The first-order valence-corrected chi connectivity index (χ1v) is 12.1. The van der Waals surface area contributed by atoms with Gasteiger partial charge >= 0.3 is 46.9 Å². The summed E-state index contributed by atoms with van der Waals surface area (Å²) >= 11 is 0. The molecule has 0 aromatic rings. The maximum absolute atomic E-state index is 11.7. The standard InChI is InChI=1S/C24H42O8.Mg.2H/c1-2-3-4-5-6-7-8-9-10-11-12-13-14-15-16-17-21(27)32-22(28)19-24(31,23(29)30)18-20(25)26;;;/h31H,2-19H2,1H3,(H,25,26)(H,29,30);;;. The summed E-state index contributed by atoms with van der Waals surface area (Å²) in [5.41, 5.74) is -2.79. The van der Waals surface area contributed by atoms with Gasteiger partial charge in [-0.25, -0.2) is 4.79 Å². The first-order valence-electron chi connectivity index (χ1n) is 12.1. The van der Waals surface area contributed by atoms with E-state index in [1.54, 1.807) is 0 Å². The molecule has 0 aromatic carbocycles. The van der Waals surface area contributed by atoms with E-state index >= 15 is 0 Å². The molecule has 33 heavy (non-hydrogen) atoms. The highest BCUT2D eigenvalue weighted by atomic mass is 24.3. The zero-order chi connectivity index (χ0) is 24.2. The van der Waals surface area contributed by atoms with Gasteiger partial charge in [0.15, 0.2) is 5.60 Å². The highest BCUT2D eigenvalue weighted by Crippen LogP contribution is 2.18. The predicted octanol–water partition coefficient (Wildman–Crippen LogP) is 4.08. The van der Waals surface area contributed by atoms with E-state index < -0.39 is 42.3 Å². The smallest absolute Gasteiger partial charge is 0.336 e. The molecule has 1 atom stereocenters. The number of ether oxygens (including phenoxy) is 1. The summed E-state index contributed by atoms with van der Waals surface area (Å²) < 4.78 is 4.50. The molecule has 0 aliphatic carbocycles. The summed E-state index contributed by atoms with van der Waals surface area (Å²) in [6, 6.07) is 0. The fourth-order valence-electron chi connectivity index (χ4n) is 3.56. The number of rotatable bonds is 21. The molecule has 0 aromatic heterocycles. The monoisotopic (exact) mass is 484 g/mol. The first kappa shape index (κ1) is 34.0. The maximum Gasteiger partial charge on any atom is 0.336 e. The largest absolute Gasteiger partial charge is 0.481 e. The van der Waals surface area contributed by atoms with Crippen LogP contribution in [0.3, 0.4) is 0 Å². The average Bonchev–Trinajstić information content (AvgIpc) is 2.69. The number of esters is 2. The minimum atomic E-state index is -2.79. The van der Waals surface area contributed by atoms with Gasteiger partial charge in [0.2, 0.25) is 0 Å². The van der Waals surface area contributed by atoms with E-state index in [4.69, 9.17) is 10.2 Å². The van der Waals surface area contributed by atoms with Gasteiger partial charge in [0.25, 0.3) is 0 Å². The number of hydrogen-bond donors (Lipinski definition) is 3. The second-order valence-electron chi connectivity index (χ2n) is 8.63. The van der Waals surface area contributed by atoms with Crippen LogP contribution in [-0.2, 0) is 23.9 Å². The van der Waals surface area contributed by atoms with Crippen molar-refractivity contribution in [3.63, 3.8) is 0 Å². The van der Waals surface area contributed by atoms with Crippen molar-refractivity contribution >= 4 is 46.9 Å². The molecule has 0 rings (SSSR count). The lowest BCUT2D eigenvalue weighted by Crippen LogP contribution is -2.43. The molecule has 0 aliphatic heterocycles. The summed E-state index contributed by atoms with van der Waals surface area (Å²) in [7, 11) is 0. The maximum atomic E-state index is 11.7. The Bertz CT molecular complexity index is 567. The molecular weight excluding hydrogens is 441 g/mol. The van der Waals surface area contributed by atoms with Crippen molar-refractivity contribution in [1.82, 2.24) is 0 Å². The number of unbranched alkanes of at least 4 members (excludes halogenated alkanes) is 14. The van der Waals surface area contributed by atoms with Crippen molar-refractivity contribution in [2.24, 2.45) is 0 Å². The first-order chi connectivity index (χ1) is 15.2. The Kier molecular flexibility index (Phi) is 22.0. The lowest BCUT2D eigenvalue weighted by atomic mass is 9.96. The fraction of sp³-hybridized carbons (Fsp3) is 0.833. The number of carboxylic acid groups (broad SMARTS) is 2. The van der Waals surface area contributed by atoms with E-state index in [0.29, 0.717) is 6.42 Å². The van der Waals surface area contributed by atoms with Gasteiger partial charge in [-0.2, -0.15) is 0 Å². The van der Waals surface area contributed by atoms with Crippen LogP contribution in [-0.4, -0.2) is 67.9 Å². The van der Waals surface area contributed by atoms with Gasteiger partial charge in [-0.05, 0) is 6.42 Å². The van der Waals surface area contributed by atoms with Crippen molar-refractivity contribution in [1.29, 1.82) is 0 Å². The normalized spacial score (nSPS) is 12.4. The molecule has 3 N–H and O–H groups in total. The van der Waals surface area contributed by atoms with Gasteiger partial charge in [0, 0.05) is 6.42 Å². The minimum absolute atomic E-state index is 0. The molecular formula is C24H44MgO8. The molecule has 0 radical (unpaired) electrons. The molecule has 0 spiro atoms. The average molecular weight is 485 g/mol. The summed E-state index contributed by atoms with van der Waals surface area (Å²) in [6.07, 6.45) is 15.6. The van der Waals surface area contributed by atoms with Gasteiger partial charge in [0.05, 0.1) is 12.8 Å². The molecule has 0 saturated heterocycles. The summed E-state index contributed by atoms with van der Waals surface area (Å²) in [5, 5.41) is 27.3. The highest BCUT2D eigenvalue weighted by Gasteiger charge is 2.41. The van der Waals surface area contributed by atoms with Crippen molar-refractivity contribution in [3.8, 4) is 0 Å². The Morgan fingerprint density at radius 1 is 0.636 bits per heavy atom. The molecule has 0 amide bonds. The lowest BCUT2D eigenvalue weighted by Gasteiger charge is -2.19. The summed E-state index contributed by atoms with van der Waals surface area (Å²) in [5.74, 6) is -5.48. The van der Waals surface area contributed by atoms with Crippen LogP contribution in [0.5, 0.6) is 0 Å². The van der Waals surface area contributed by atoms with Crippen LogP contribution >= 0.6 is 0 Å². The van der Waals surface area contributed by atoms with Crippen molar-refractivity contribution in [2.75, 3.05) is 0 Å². The third kappa shape index (κ3) is 19.9. The minimum Gasteiger partial charge on any atom is -0.481 e. The van der Waals surface area contributed by atoms with Crippen molar-refractivity contribution in [3.05, 3.63) is 0 Å². The van der Waals surface area contributed by atoms with Crippen LogP contribution in [0.4, 0.5) is 0 Å². The molecule has 0 bridgehead atoms. The van der Waals surface area contributed by atoms with Crippen LogP contribution < -0.4 is 0 Å². The third-order valence-electron chi connectivity index (χ3n) is 5.49. The topological polar surface area (TPSA) is 138 Å². The van der Waals surface area contributed by atoms with E-state index in [2.05, 4.69) is 11.7 Å². The van der Waals surface area contributed by atoms with Gasteiger partial charge in [-0.1, -0.05) is 96.8 Å². The molecule has 0 heterocycles. The van der Waals surface area contributed by atoms with E-state index in [-0.39, 0.29) is 29.5 Å². The van der Waals surface area contributed by atoms with E-state index in [1.165, 1.54) is 70.6 Å². The Balaban J connectivity index is 0. The molecule has 9 heteroatoms. The molecule has 0 saturated carbocycles. The van der Waals surface area contributed by atoms with E-state index in [0.717, 1.165) is 19.3 Å². The Labute approximate surface area is 214 Å². The molecule has 0 fully saturated rings. The summed E-state index contributed by atoms with van der Waals surface area (Å²) in [4.78, 5) is 45.0. The number of hydrogen-bond acceptors (Lipinski definition) is 6. The predicted molar refractivity (Wildman–Crippen MR) is 129 cm³/mol. The lowest BCUT2D eigenvalue weighted by molar-refractivity contribution is -0.174. The molecule has 190 valence electrons. The zero-order valence-electron chi connectivity index (χ0n) is 19.6. The number of carbonyl (C=O) groups excluding carboxylic acids is 2. The Hall–Kier alpha value is -1.19. The van der Waals surface area contributed by atoms with Gasteiger partial charge in [-0.15, -0.1) is 0 Å². The number of carboxylic acids is 2. The third-order valence-corrected chi connectivity index (χ3v) is 5.49. The van der Waals surface area contributed by atoms with Crippen LogP contribution in [0.25, 0.3) is 0 Å². The summed E-state index contributed by atoms with van der Waals surface area (Å²) in [6.45, 7) is 2.23. The van der Waals surface area contributed by atoms with E-state index in [9.17, 15) is 24.3 Å². The Morgan fingerprint density at radius 2 is 1.03 bits per heavy atom. The van der Waals surface area contributed by atoms with E-state index in [1.807, 2.05) is 0 Å². The van der Waals surface area contributed by atoms with Gasteiger partial charge in [0.1, 0.15) is 0 Å². The highest BCUT2D eigenvalue weighted by molar-refractivity contribution is 5.92. The zero-order valence-corrected chi connectivity index (χ0v) is 19.6. The number of aliphatic carboxylic acids is 2. The molecule has 0 aliphatic rings. The Morgan fingerprint density at radius 3 is 1.39 bits per heavy atom. The quantitative estimate of drug-likeness (QED) is 0.0958. The fourth-order valence-corrected chi connectivity index (χ4v) is 3.56. The molecule has 8 nitrogen and oxygen atoms in total.